The van der Waals surface area contributed by atoms with Gasteiger partial charge in [0.15, 0.2) is 5.78 Å². The Hall–Kier alpha value is -2.70. The van der Waals surface area contributed by atoms with Gasteiger partial charge in [0.2, 0.25) is 0 Å². The van der Waals surface area contributed by atoms with Gasteiger partial charge in [-0.05, 0) is 67.1 Å². The van der Waals surface area contributed by atoms with E-state index in [0.29, 0.717) is 11.3 Å². The van der Waals surface area contributed by atoms with Crippen molar-refractivity contribution in [2.45, 2.75) is 11.8 Å². The van der Waals surface area contributed by atoms with Crippen LogP contribution < -0.4 is 4.72 Å². The molecule has 0 amide bonds. The number of benzene rings is 3. The van der Waals surface area contributed by atoms with Crippen LogP contribution in [-0.4, -0.2) is 14.2 Å². The molecule has 0 radical (unpaired) electrons. The van der Waals surface area contributed by atoms with Crippen LogP contribution in [0.4, 0.5) is 5.69 Å². The van der Waals surface area contributed by atoms with Crippen LogP contribution in [-0.2, 0) is 10.0 Å². The zero-order valence-electron chi connectivity index (χ0n) is 15.1. The Kier molecular flexibility index (Phi) is 6.11. The number of ketones is 1. The van der Waals surface area contributed by atoms with Crippen molar-refractivity contribution in [1.29, 1.82) is 0 Å². The van der Waals surface area contributed by atoms with Gasteiger partial charge in [-0.1, -0.05) is 51.8 Å². The maximum absolute atomic E-state index is 12.4. The number of allylic oxidation sites excluding steroid dienone is 1. The molecule has 28 heavy (non-hydrogen) atoms. The summed E-state index contributed by atoms with van der Waals surface area (Å²) in [6.45, 7) is 1.89. The van der Waals surface area contributed by atoms with E-state index < -0.39 is 10.0 Å². The second-order valence-electron chi connectivity index (χ2n) is 6.25. The Morgan fingerprint density at radius 3 is 2.29 bits per heavy atom. The number of anilines is 1. The number of rotatable bonds is 6. The van der Waals surface area contributed by atoms with Gasteiger partial charge >= 0.3 is 0 Å². The molecule has 0 aliphatic heterocycles. The third-order valence-electron chi connectivity index (χ3n) is 4.03. The van der Waals surface area contributed by atoms with Gasteiger partial charge in [-0.25, -0.2) is 8.42 Å². The molecule has 6 heteroatoms. The molecule has 0 aliphatic rings. The normalized spacial score (nSPS) is 11.5. The van der Waals surface area contributed by atoms with Crippen molar-refractivity contribution in [3.05, 3.63) is 100 Å². The highest BCUT2D eigenvalue weighted by Crippen LogP contribution is 2.18. The quantitative estimate of drug-likeness (QED) is 0.396. The number of sulfonamides is 1. The molecular weight excluding hydrogens is 438 g/mol. The monoisotopic (exact) mass is 455 g/mol. The Bertz CT molecular complexity index is 1120. The second-order valence-corrected chi connectivity index (χ2v) is 8.85. The fourth-order valence-corrected chi connectivity index (χ4v) is 3.99. The molecule has 4 nitrogen and oxygen atoms in total. The summed E-state index contributed by atoms with van der Waals surface area (Å²) in [5, 5.41) is 0. The zero-order chi connectivity index (χ0) is 20.1. The average molecular weight is 456 g/mol. The first-order valence-corrected chi connectivity index (χ1v) is 10.8. The molecule has 3 aromatic rings. The summed E-state index contributed by atoms with van der Waals surface area (Å²) in [6.07, 6.45) is 3.23. The Morgan fingerprint density at radius 1 is 0.964 bits per heavy atom. The number of hydrogen-bond donors (Lipinski definition) is 1. The molecule has 0 spiro atoms. The molecule has 0 saturated heterocycles. The lowest BCUT2D eigenvalue weighted by Crippen LogP contribution is -2.13. The lowest BCUT2D eigenvalue weighted by molar-refractivity contribution is 0.104. The lowest BCUT2D eigenvalue weighted by atomic mass is 10.1. The third-order valence-corrected chi connectivity index (χ3v) is 5.92. The summed E-state index contributed by atoms with van der Waals surface area (Å²) in [7, 11) is -3.67. The van der Waals surface area contributed by atoms with Gasteiger partial charge in [0.1, 0.15) is 0 Å². The van der Waals surface area contributed by atoms with Crippen LogP contribution in [0.1, 0.15) is 21.5 Å². The number of carbonyl (C=O) groups is 1. The first-order valence-electron chi connectivity index (χ1n) is 8.51. The molecule has 0 aliphatic carbocycles. The van der Waals surface area contributed by atoms with E-state index in [2.05, 4.69) is 20.7 Å². The predicted molar refractivity (Wildman–Crippen MR) is 116 cm³/mol. The van der Waals surface area contributed by atoms with Crippen LogP contribution in [0.2, 0.25) is 0 Å². The topological polar surface area (TPSA) is 63.2 Å². The standard InChI is InChI=1S/C22H18BrNO3S/c1-16-5-12-21(13-6-16)28(26,27)24-20-10-8-18(9-11-20)22(25)14-7-17-3-2-4-19(23)15-17/h2-15,24H,1H3/b14-7+. The summed E-state index contributed by atoms with van der Waals surface area (Å²) < 4.78 is 28.3. The summed E-state index contributed by atoms with van der Waals surface area (Å²) in [4.78, 5) is 12.5. The van der Waals surface area contributed by atoms with Crippen LogP contribution in [0.5, 0.6) is 0 Å². The maximum Gasteiger partial charge on any atom is 0.261 e. The van der Waals surface area contributed by atoms with Gasteiger partial charge in [-0.3, -0.25) is 9.52 Å². The van der Waals surface area contributed by atoms with E-state index in [1.54, 1.807) is 54.6 Å². The van der Waals surface area contributed by atoms with Crippen LogP contribution in [0.15, 0.2) is 88.2 Å². The smallest absolute Gasteiger partial charge is 0.261 e. The van der Waals surface area contributed by atoms with Crippen molar-refractivity contribution in [3.63, 3.8) is 0 Å². The Morgan fingerprint density at radius 2 is 1.64 bits per heavy atom. The molecule has 3 rings (SSSR count). The van der Waals surface area contributed by atoms with E-state index in [4.69, 9.17) is 0 Å². The highest BCUT2D eigenvalue weighted by molar-refractivity contribution is 9.10. The van der Waals surface area contributed by atoms with E-state index in [0.717, 1.165) is 15.6 Å². The predicted octanol–water partition coefficient (Wildman–Crippen LogP) is 5.45. The third kappa shape index (κ3) is 5.18. The first kappa shape index (κ1) is 20.0. The molecular formula is C22H18BrNO3S. The van der Waals surface area contributed by atoms with E-state index >= 15 is 0 Å². The van der Waals surface area contributed by atoms with Crippen LogP contribution >= 0.6 is 15.9 Å². The summed E-state index contributed by atoms with van der Waals surface area (Å²) in [5.74, 6) is -0.159. The highest BCUT2D eigenvalue weighted by atomic mass is 79.9. The second kappa shape index (κ2) is 8.54. The van der Waals surface area contributed by atoms with Gasteiger partial charge in [0, 0.05) is 15.7 Å². The minimum Gasteiger partial charge on any atom is -0.289 e. The van der Waals surface area contributed by atoms with Crippen molar-refractivity contribution in [1.82, 2.24) is 0 Å². The van der Waals surface area contributed by atoms with Crippen molar-refractivity contribution in [3.8, 4) is 0 Å². The van der Waals surface area contributed by atoms with E-state index in [9.17, 15) is 13.2 Å². The first-order chi connectivity index (χ1) is 13.3. The molecule has 142 valence electrons. The highest BCUT2D eigenvalue weighted by Gasteiger charge is 2.14. The summed E-state index contributed by atoms with van der Waals surface area (Å²) >= 11 is 3.39. The molecule has 1 N–H and O–H groups in total. The lowest BCUT2D eigenvalue weighted by Gasteiger charge is -2.08. The molecule has 0 saturated carbocycles. The number of carbonyl (C=O) groups excluding carboxylic acids is 1. The number of nitrogens with one attached hydrogen (secondary N) is 1. The average Bonchev–Trinajstić information content (AvgIpc) is 2.67. The van der Waals surface area contributed by atoms with Crippen LogP contribution in [0, 0.1) is 6.92 Å². The Balaban J connectivity index is 1.70. The van der Waals surface area contributed by atoms with Crippen molar-refractivity contribution in [2.24, 2.45) is 0 Å². The van der Waals surface area contributed by atoms with Crippen molar-refractivity contribution >= 4 is 43.5 Å². The van der Waals surface area contributed by atoms with E-state index in [1.807, 2.05) is 31.2 Å². The van der Waals surface area contributed by atoms with Crippen molar-refractivity contribution in [2.75, 3.05) is 4.72 Å². The molecule has 0 bridgehead atoms. The van der Waals surface area contributed by atoms with Gasteiger partial charge in [0.05, 0.1) is 4.90 Å². The minimum atomic E-state index is -3.67. The SMILES string of the molecule is Cc1ccc(S(=O)(=O)Nc2ccc(C(=O)/C=C/c3cccc(Br)c3)cc2)cc1. The fourth-order valence-electron chi connectivity index (χ4n) is 2.51. The van der Waals surface area contributed by atoms with Gasteiger partial charge in [0.25, 0.3) is 10.0 Å². The summed E-state index contributed by atoms with van der Waals surface area (Å²) in [5.41, 5.74) is 2.76. The largest absolute Gasteiger partial charge is 0.289 e. The van der Waals surface area contributed by atoms with Crippen molar-refractivity contribution < 1.29 is 13.2 Å². The summed E-state index contributed by atoms with van der Waals surface area (Å²) in [6, 6.07) is 20.6. The number of halogens is 1. The molecule has 3 aromatic carbocycles. The molecule has 0 atom stereocenters. The van der Waals surface area contributed by atoms with Gasteiger partial charge in [-0.15, -0.1) is 0 Å². The Labute approximate surface area is 173 Å². The molecule has 0 aromatic heterocycles. The van der Waals surface area contributed by atoms with E-state index in [1.165, 1.54) is 6.08 Å². The van der Waals surface area contributed by atoms with Gasteiger partial charge < -0.3 is 0 Å². The zero-order valence-corrected chi connectivity index (χ0v) is 17.5. The van der Waals surface area contributed by atoms with Crippen LogP contribution in [0.25, 0.3) is 6.08 Å². The molecule has 0 heterocycles. The fraction of sp³-hybridized carbons (Fsp3) is 0.0455. The molecule has 0 fully saturated rings. The molecule has 0 unspecified atom stereocenters. The maximum atomic E-state index is 12.4. The van der Waals surface area contributed by atoms with Gasteiger partial charge in [-0.2, -0.15) is 0 Å². The van der Waals surface area contributed by atoms with E-state index in [-0.39, 0.29) is 10.7 Å². The number of aryl methyl sites for hydroxylation is 1. The van der Waals surface area contributed by atoms with Crippen LogP contribution in [0.3, 0.4) is 0 Å². The minimum absolute atomic E-state index is 0.159. The number of hydrogen-bond acceptors (Lipinski definition) is 3.